The third kappa shape index (κ3) is 4.72. The van der Waals surface area contributed by atoms with Gasteiger partial charge in [-0.15, -0.1) is 0 Å². The number of alkyl carbamates (subject to hydrolysis) is 1. The summed E-state index contributed by atoms with van der Waals surface area (Å²) in [5.74, 6) is 0. The van der Waals surface area contributed by atoms with Crippen molar-refractivity contribution in [3.8, 4) is 0 Å². The van der Waals surface area contributed by atoms with E-state index in [-0.39, 0.29) is 17.6 Å². The summed E-state index contributed by atoms with van der Waals surface area (Å²) < 4.78 is 4.96. The number of rotatable bonds is 3. The molecule has 2 N–H and O–H groups in total. The van der Waals surface area contributed by atoms with Crippen LogP contribution in [0.4, 0.5) is 4.79 Å². The highest BCUT2D eigenvalue weighted by Crippen LogP contribution is 2.18. The third-order valence-electron chi connectivity index (χ3n) is 1.98. The maximum Gasteiger partial charge on any atom is 0.406 e. The summed E-state index contributed by atoms with van der Waals surface area (Å²) >= 11 is 0. The first-order valence-electron chi connectivity index (χ1n) is 4.43. The standard InChI is InChI=1S/C9H20N2O2/c1-9(2,3)7(10-4)6-13-8(12)11-5/h7,10H,6H2,1-5H3,(H,11,12). The normalized spacial score (nSPS) is 13.6. The molecule has 13 heavy (non-hydrogen) atoms. The summed E-state index contributed by atoms with van der Waals surface area (Å²) in [6.45, 7) is 6.68. The van der Waals surface area contributed by atoms with Crippen molar-refractivity contribution < 1.29 is 9.53 Å². The average molecular weight is 188 g/mol. The zero-order valence-corrected chi connectivity index (χ0v) is 9.10. The maximum absolute atomic E-state index is 10.8. The molecule has 78 valence electrons. The Morgan fingerprint density at radius 2 is 1.92 bits per heavy atom. The van der Waals surface area contributed by atoms with Gasteiger partial charge in [-0.3, -0.25) is 0 Å². The van der Waals surface area contributed by atoms with E-state index < -0.39 is 0 Å². The minimum absolute atomic E-state index is 0.0861. The van der Waals surface area contributed by atoms with Gasteiger partial charge in [0.15, 0.2) is 0 Å². The average Bonchev–Trinajstić information content (AvgIpc) is 2.02. The molecule has 0 saturated carbocycles. The summed E-state index contributed by atoms with van der Waals surface area (Å²) in [6.07, 6.45) is -0.385. The zero-order valence-electron chi connectivity index (χ0n) is 9.10. The molecule has 0 aromatic rings. The Bertz CT molecular complexity index is 163. The van der Waals surface area contributed by atoms with E-state index in [4.69, 9.17) is 4.74 Å². The molecule has 0 aromatic carbocycles. The predicted octanol–water partition coefficient (Wildman–Crippen LogP) is 0.976. The Morgan fingerprint density at radius 1 is 1.38 bits per heavy atom. The van der Waals surface area contributed by atoms with Crippen molar-refractivity contribution in [1.82, 2.24) is 10.6 Å². The lowest BCUT2D eigenvalue weighted by Gasteiger charge is -2.29. The van der Waals surface area contributed by atoms with Gasteiger partial charge in [0.1, 0.15) is 6.61 Å². The van der Waals surface area contributed by atoms with E-state index in [2.05, 4.69) is 31.4 Å². The Kier molecular flexibility index (Phi) is 4.77. The highest BCUT2D eigenvalue weighted by molar-refractivity contribution is 5.66. The molecule has 0 radical (unpaired) electrons. The fourth-order valence-corrected chi connectivity index (χ4v) is 0.998. The Morgan fingerprint density at radius 3 is 2.23 bits per heavy atom. The van der Waals surface area contributed by atoms with Gasteiger partial charge in [0.05, 0.1) is 0 Å². The van der Waals surface area contributed by atoms with Crippen LogP contribution >= 0.6 is 0 Å². The van der Waals surface area contributed by atoms with E-state index in [0.29, 0.717) is 6.61 Å². The van der Waals surface area contributed by atoms with Gasteiger partial charge in [0.25, 0.3) is 0 Å². The molecule has 1 atom stereocenters. The van der Waals surface area contributed by atoms with E-state index in [0.717, 1.165) is 0 Å². The van der Waals surface area contributed by atoms with E-state index in [1.54, 1.807) is 7.05 Å². The van der Waals surface area contributed by atoms with Gasteiger partial charge < -0.3 is 15.4 Å². The fraction of sp³-hybridized carbons (Fsp3) is 0.889. The number of carbonyl (C=O) groups excluding carboxylic acids is 1. The fourth-order valence-electron chi connectivity index (χ4n) is 0.998. The molecule has 0 aliphatic carbocycles. The molecule has 0 saturated heterocycles. The quantitative estimate of drug-likeness (QED) is 0.694. The molecule has 0 aliphatic heterocycles. The minimum atomic E-state index is -0.385. The van der Waals surface area contributed by atoms with Gasteiger partial charge in [-0.2, -0.15) is 0 Å². The van der Waals surface area contributed by atoms with Crippen LogP contribution in [0.25, 0.3) is 0 Å². The first kappa shape index (κ1) is 12.2. The Balaban J connectivity index is 3.93. The molecule has 0 rings (SSSR count). The van der Waals surface area contributed by atoms with Crippen LogP contribution in [0.2, 0.25) is 0 Å². The first-order valence-corrected chi connectivity index (χ1v) is 4.43. The molecule has 4 nitrogen and oxygen atoms in total. The van der Waals surface area contributed by atoms with Gasteiger partial charge in [0, 0.05) is 13.1 Å². The molecular weight excluding hydrogens is 168 g/mol. The van der Waals surface area contributed by atoms with Crippen molar-refractivity contribution in [2.45, 2.75) is 26.8 Å². The van der Waals surface area contributed by atoms with E-state index in [9.17, 15) is 4.79 Å². The lowest BCUT2D eigenvalue weighted by atomic mass is 9.87. The second-order valence-electron chi connectivity index (χ2n) is 4.06. The molecule has 0 bridgehead atoms. The number of hydrogen-bond acceptors (Lipinski definition) is 3. The van der Waals surface area contributed by atoms with E-state index in [1.165, 1.54) is 0 Å². The zero-order chi connectivity index (χ0) is 10.5. The highest BCUT2D eigenvalue weighted by atomic mass is 16.5. The molecule has 0 heterocycles. The van der Waals surface area contributed by atoms with Crippen molar-refractivity contribution in [1.29, 1.82) is 0 Å². The van der Waals surface area contributed by atoms with Crippen molar-refractivity contribution >= 4 is 6.09 Å². The molecule has 1 amide bonds. The van der Waals surface area contributed by atoms with Crippen LogP contribution in [-0.4, -0.2) is 32.8 Å². The van der Waals surface area contributed by atoms with Crippen LogP contribution in [0.5, 0.6) is 0 Å². The third-order valence-corrected chi connectivity index (χ3v) is 1.98. The Hall–Kier alpha value is -0.770. The molecule has 0 aliphatic rings. The van der Waals surface area contributed by atoms with Gasteiger partial charge in [0.2, 0.25) is 0 Å². The Labute approximate surface area is 80.0 Å². The largest absolute Gasteiger partial charge is 0.448 e. The van der Waals surface area contributed by atoms with Crippen LogP contribution in [0, 0.1) is 5.41 Å². The van der Waals surface area contributed by atoms with Crippen LogP contribution in [0.1, 0.15) is 20.8 Å². The minimum Gasteiger partial charge on any atom is -0.448 e. The second kappa shape index (κ2) is 5.07. The van der Waals surface area contributed by atoms with E-state index in [1.807, 2.05) is 7.05 Å². The van der Waals surface area contributed by atoms with Crippen LogP contribution in [0.3, 0.4) is 0 Å². The van der Waals surface area contributed by atoms with Crippen LogP contribution in [0.15, 0.2) is 0 Å². The van der Waals surface area contributed by atoms with Gasteiger partial charge in [-0.25, -0.2) is 4.79 Å². The highest BCUT2D eigenvalue weighted by Gasteiger charge is 2.23. The summed E-state index contributed by atoms with van der Waals surface area (Å²) in [4.78, 5) is 10.8. The van der Waals surface area contributed by atoms with Crippen molar-refractivity contribution in [2.24, 2.45) is 5.41 Å². The molecule has 0 aromatic heterocycles. The smallest absolute Gasteiger partial charge is 0.406 e. The molecule has 0 fully saturated rings. The van der Waals surface area contributed by atoms with E-state index >= 15 is 0 Å². The maximum atomic E-state index is 10.8. The predicted molar refractivity (Wildman–Crippen MR) is 52.7 cm³/mol. The summed E-state index contributed by atoms with van der Waals surface area (Å²) in [5, 5.41) is 5.52. The number of nitrogens with one attached hydrogen (secondary N) is 2. The number of hydrogen-bond donors (Lipinski definition) is 2. The van der Waals surface area contributed by atoms with Crippen molar-refractivity contribution in [3.63, 3.8) is 0 Å². The van der Waals surface area contributed by atoms with Crippen molar-refractivity contribution in [2.75, 3.05) is 20.7 Å². The molecule has 0 spiro atoms. The summed E-state index contributed by atoms with van der Waals surface area (Å²) in [6, 6.07) is 0.171. The van der Waals surface area contributed by atoms with Crippen LogP contribution in [-0.2, 0) is 4.74 Å². The molecule has 4 heteroatoms. The number of likely N-dealkylation sites (N-methyl/N-ethyl adjacent to an activating group) is 1. The monoisotopic (exact) mass is 188 g/mol. The molecular formula is C9H20N2O2. The van der Waals surface area contributed by atoms with Crippen LogP contribution < -0.4 is 10.6 Å². The van der Waals surface area contributed by atoms with Crippen molar-refractivity contribution in [3.05, 3.63) is 0 Å². The number of carbonyl (C=O) groups is 1. The lowest BCUT2D eigenvalue weighted by molar-refractivity contribution is 0.111. The first-order chi connectivity index (χ1) is 5.91. The number of ether oxygens (including phenoxy) is 1. The topological polar surface area (TPSA) is 50.4 Å². The summed E-state index contributed by atoms with van der Waals surface area (Å²) in [5.41, 5.74) is 0.0861. The van der Waals surface area contributed by atoms with Gasteiger partial charge in [-0.05, 0) is 12.5 Å². The second-order valence-corrected chi connectivity index (χ2v) is 4.06. The van der Waals surface area contributed by atoms with Gasteiger partial charge in [-0.1, -0.05) is 20.8 Å². The summed E-state index contributed by atoms with van der Waals surface area (Å²) in [7, 11) is 3.41. The van der Waals surface area contributed by atoms with Gasteiger partial charge >= 0.3 is 6.09 Å². The number of amides is 1. The molecule has 1 unspecified atom stereocenters. The lowest BCUT2D eigenvalue weighted by Crippen LogP contribution is -2.43. The SMILES string of the molecule is CNC(=O)OCC(NC)C(C)(C)C.